The van der Waals surface area contributed by atoms with Crippen LogP contribution in [0.15, 0.2) is 23.8 Å². The van der Waals surface area contributed by atoms with Gasteiger partial charge in [-0.3, -0.25) is 4.79 Å². The number of hydrogen-bond acceptors (Lipinski definition) is 3. The van der Waals surface area contributed by atoms with E-state index in [1.165, 1.54) is 0 Å². The lowest BCUT2D eigenvalue weighted by Crippen LogP contribution is -1.92. The number of ketones is 1. The molecule has 1 aliphatic rings. The van der Waals surface area contributed by atoms with Crippen LogP contribution < -0.4 is 9.47 Å². The molecule has 0 atom stereocenters. The van der Waals surface area contributed by atoms with E-state index >= 15 is 0 Å². The largest absolute Gasteiger partial charge is 0.497 e. The lowest BCUT2D eigenvalue weighted by atomic mass is 10.1. The summed E-state index contributed by atoms with van der Waals surface area (Å²) in [5.41, 5.74) is 1.85. The van der Waals surface area contributed by atoms with Crippen molar-refractivity contribution in [1.82, 2.24) is 0 Å². The molecule has 0 saturated heterocycles. The Labute approximate surface area is 101 Å². The number of methoxy groups -OCH3 is 2. The predicted octanol–water partition coefficient (Wildman–Crippen LogP) is 2.84. The van der Waals surface area contributed by atoms with Gasteiger partial charge >= 0.3 is 0 Å². The Morgan fingerprint density at radius 2 is 1.71 bits per heavy atom. The zero-order chi connectivity index (χ0) is 12.3. The molecular formula is C14H16O3. The van der Waals surface area contributed by atoms with E-state index < -0.39 is 0 Å². The number of Topliss-reactive ketones (excluding diaryl/α,β-unsaturated/α-hetero) is 1. The first-order valence-corrected chi connectivity index (χ1v) is 5.70. The van der Waals surface area contributed by atoms with Crippen LogP contribution in [0.25, 0.3) is 6.08 Å². The van der Waals surface area contributed by atoms with Crippen molar-refractivity contribution >= 4 is 11.9 Å². The van der Waals surface area contributed by atoms with Gasteiger partial charge < -0.3 is 9.47 Å². The van der Waals surface area contributed by atoms with Crippen molar-refractivity contribution in [3.05, 3.63) is 29.3 Å². The molecule has 0 bridgehead atoms. The molecule has 1 fully saturated rings. The van der Waals surface area contributed by atoms with E-state index in [0.29, 0.717) is 6.42 Å². The predicted molar refractivity (Wildman–Crippen MR) is 66.4 cm³/mol. The van der Waals surface area contributed by atoms with Crippen molar-refractivity contribution in [2.24, 2.45) is 0 Å². The SMILES string of the molecule is COc1cc(C=C2CCCC2=O)cc(OC)c1. The number of benzene rings is 1. The lowest BCUT2D eigenvalue weighted by Gasteiger charge is -2.06. The van der Waals surface area contributed by atoms with Gasteiger partial charge in [-0.2, -0.15) is 0 Å². The molecule has 17 heavy (non-hydrogen) atoms. The van der Waals surface area contributed by atoms with E-state index in [2.05, 4.69) is 0 Å². The highest BCUT2D eigenvalue weighted by atomic mass is 16.5. The minimum atomic E-state index is 0.256. The fourth-order valence-electron chi connectivity index (χ4n) is 2.01. The monoisotopic (exact) mass is 232 g/mol. The zero-order valence-electron chi connectivity index (χ0n) is 10.2. The Morgan fingerprint density at radius 3 is 2.18 bits per heavy atom. The summed E-state index contributed by atoms with van der Waals surface area (Å²) in [5, 5.41) is 0. The van der Waals surface area contributed by atoms with Crippen molar-refractivity contribution in [3.8, 4) is 11.5 Å². The van der Waals surface area contributed by atoms with Gasteiger partial charge in [0.25, 0.3) is 0 Å². The number of carbonyl (C=O) groups is 1. The number of carbonyl (C=O) groups excluding carboxylic acids is 1. The molecule has 3 nitrogen and oxygen atoms in total. The summed E-state index contributed by atoms with van der Waals surface area (Å²) in [6.45, 7) is 0. The van der Waals surface area contributed by atoms with Crippen molar-refractivity contribution in [1.29, 1.82) is 0 Å². The van der Waals surface area contributed by atoms with Crippen LogP contribution in [0.2, 0.25) is 0 Å². The van der Waals surface area contributed by atoms with Gasteiger partial charge in [0, 0.05) is 12.5 Å². The van der Waals surface area contributed by atoms with E-state index in [4.69, 9.17) is 9.47 Å². The number of allylic oxidation sites excluding steroid dienone is 1. The van der Waals surface area contributed by atoms with Crippen LogP contribution in [0.3, 0.4) is 0 Å². The maximum absolute atomic E-state index is 11.6. The van der Waals surface area contributed by atoms with Crippen molar-refractivity contribution in [2.45, 2.75) is 19.3 Å². The second-order valence-corrected chi connectivity index (χ2v) is 4.09. The van der Waals surface area contributed by atoms with Crippen LogP contribution in [0.4, 0.5) is 0 Å². The molecule has 0 aliphatic heterocycles. The Morgan fingerprint density at radius 1 is 1.06 bits per heavy atom. The fourth-order valence-corrected chi connectivity index (χ4v) is 2.01. The smallest absolute Gasteiger partial charge is 0.158 e. The second kappa shape index (κ2) is 5.04. The van der Waals surface area contributed by atoms with Crippen LogP contribution >= 0.6 is 0 Å². The summed E-state index contributed by atoms with van der Waals surface area (Å²) >= 11 is 0. The van der Waals surface area contributed by atoms with Gasteiger partial charge in [0.15, 0.2) is 5.78 Å². The summed E-state index contributed by atoms with van der Waals surface area (Å²) < 4.78 is 10.4. The van der Waals surface area contributed by atoms with E-state index in [-0.39, 0.29) is 5.78 Å². The van der Waals surface area contributed by atoms with Gasteiger partial charge in [-0.15, -0.1) is 0 Å². The topological polar surface area (TPSA) is 35.5 Å². The molecule has 3 heteroatoms. The molecule has 90 valence electrons. The molecule has 1 saturated carbocycles. The fraction of sp³-hybridized carbons (Fsp3) is 0.357. The number of hydrogen-bond donors (Lipinski definition) is 0. The quantitative estimate of drug-likeness (QED) is 0.752. The van der Waals surface area contributed by atoms with Gasteiger partial charge in [-0.05, 0) is 42.2 Å². The average Bonchev–Trinajstić information content (AvgIpc) is 2.74. The Bertz CT molecular complexity index is 438. The van der Waals surface area contributed by atoms with Crippen LogP contribution in [0.5, 0.6) is 11.5 Å². The third kappa shape index (κ3) is 2.67. The minimum Gasteiger partial charge on any atom is -0.497 e. The highest BCUT2D eigenvalue weighted by molar-refractivity contribution is 6.01. The molecule has 0 N–H and O–H groups in total. The van der Waals surface area contributed by atoms with Crippen LogP contribution in [-0.4, -0.2) is 20.0 Å². The average molecular weight is 232 g/mol. The summed E-state index contributed by atoms with van der Waals surface area (Å²) in [7, 11) is 3.23. The van der Waals surface area contributed by atoms with Crippen molar-refractivity contribution in [3.63, 3.8) is 0 Å². The normalized spacial score (nSPS) is 17.5. The second-order valence-electron chi connectivity index (χ2n) is 4.09. The first-order chi connectivity index (χ1) is 8.22. The molecule has 0 radical (unpaired) electrons. The van der Waals surface area contributed by atoms with Gasteiger partial charge in [0.1, 0.15) is 11.5 Å². The van der Waals surface area contributed by atoms with E-state index in [1.54, 1.807) is 14.2 Å². The molecule has 0 spiro atoms. The molecule has 1 aromatic rings. The van der Waals surface area contributed by atoms with E-state index in [0.717, 1.165) is 35.5 Å². The van der Waals surface area contributed by atoms with E-state index in [1.807, 2.05) is 24.3 Å². The summed E-state index contributed by atoms with van der Waals surface area (Å²) in [6, 6.07) is 5.63. The molecule has 2 rings (SSSR count). The molecular weight excluding hydrogens is 216 g/mol. The Hall–Kier alpha value is -1.77. The van der Waals surface area contributed by atoms with Crippen LogP contribution in [-0.2, 0) is 4.79 Å². The number of ether oxygens (including phenoxy) is 2. The lowest BCUT2D eigenvalue weighted by molar-refractivity contribution is -0.114. The third-order valence-corrected chi connectivity index (χ3v) is 2.92. The maximum atomic E-state index is 11.6. The highest BCUT2D eigenvalue weighted by Gasteiger charge is 2.16. The van der Waals surface area contributed by atoms with Crippen molar-refractivity contribution in [2.75, 3.05) is 14.2 Å². The summed E-state index contributed by atoms with van der Waals surface area (Å²) in [5.74, 6) is 1.73. The van der Waals surface area contributed by atoms with Gasteiger partial charge in [-0.25, -0.2) is 0 Å². The highest BCUT2D eigenvalue weighted by Crippen LogP contribution is 2.27. The minimum absolute atomic E-state index is 0.256. The zero-order valence-corrected chi connectivity index (χ0v) is 10.2. The van der Waals surface area contributed by atoms with E-state index in [9.17, 15) is 4.79 Å². The summed E-state index contributed by atoms with van der Waals surface area (Å²) in [4.78, 5) is 11.6. The van der Waals surface area contributed by atoms with Crippen LogP contribution in [0.1, 0.15) is 24.8 Å². The molecule has 0 aromatic heterocycles. The van der Waals surface area contributed by atoms with Gasteiger partial charge in [0.05, 0.1) is 14.2 Å². The first kappa shape index (κ1) is 11.7. The van der Waals surface area contributed by atoms with Crippen molar-refractivity contribution < 1.29 is 14.3 Å². The first-order valence-electron chi connectivity index (χ1n) is 5.70. The molecule has 0 amide bonds. The maximum Gasteiger partial charge on any atom is 0.158 e. The molecule has 1 aromatic carbocycles. The number of rotatable bonds is 3. The van der Waals surface area contributed by atoms with Crippen LogP contribution in [0, 0.1) is 0 Å². The summed E-state index contributed by atoms with van der Waals surface area (Å²) in [6.07, 6.45) is 4.44. The molecule has 0 unspecified atom stereocenters. The van der Waals surface area contributed by atoms with Gasteiger partial charge in [0.2, 0.25) is 0 Å². The Kier molecular flexibility index (Phi) is 3.47. The van der Waals surface area contributed by atoms with Gasteiger partial charge in [-0.1, -0.05) is 0 Å². The third-order valence-electron chi connectivity index (χ3n) is 2.92. The Balaban J connectivity index is 2.34. The molecule has 1 aliphatic carbocycles. The molecule has 0 heterocycles. The standard InChI is InChI=1S/C14H16O3/c1-16-12-7-10(8-13(9-12)17-2)6-11-4-3-5-14(11)15/h6-9H,3-5H2,1-2H3.